The SMILES string of the molecule is CN(C(=O)C1CCSC1)c1ccccc1. The number of para-hydroxylation sites is 1. The Morgan fingerprint density at radius 3 is 2.73 bits per heavy atom. The van der Waals surface area contributed by atoms with E-state index in [2.05, 4.69) is 0 Å². The molecule has 0 radical (unpaired) electrons. The summed E-state index contributed by atoms with van der Waals surface area (Å²) in [6.45, 7) is 0. The minimum atomic E-state index is 0.222. The van der Waals surface area contributed by atoms with E-state index in [1.54, 1.807) is 4.90 Å². The molecule has 1 saturated heterocycles. The molecular formula is C12H15NOS. The Kier molecular flexibility index (Phi) is 3.31. The number of hydrogen-bond acceptors (Lipinski definition) is 2. The van der Waals surface area contributed by atoms with Crippen molar-refractivity contribution in [3.05, 3.63) is 30.3 Å². The molecule has 1 aliphatic rings. The van der Waals surface area contributed by atoms with Gasteiger partial charge in [-0.1, -0.05) is 18.2 Å². The lowest BCUT2D eigenvalue weighted by Gasteiger charge is -2.20. The normalized spacial score (nSPS) is 20.2. The summed E-state index contributed by atoms with van der Waals surface area (Å²) in [5, 5.41) is 0. The van der Waals surface area contributed by atoms with Gasteiger partial charge in [-0.25, -0.2) is 0 Å². The van der Waals surface area contributed by atoms with E-state index in [0.717, 1.165) is 23.6 Å². The molecular weight excluding hydrogens is 206 g/mol. The molecule has 1 fully saturated rings. The minimum absolute atomic E-state index is 0.222. The molecule has 0 N–H and O–H groups in total. The molecule has 2 nitrogen and oxygen atoms in total. The number of carbonyl (C=O) groups excluding carboxylic acids is 1. The van der Waals surface area contributed by atoms with E-state index >= 15 is 0 Å². The van der Waals surface area contributed by atoms with Crippen LogP contribution in [0.15, 0.2) is 30.3 Å². The van der Waals surface area contributed by atoms with Crippen molar-refractivity contribution in [2.24, 2.45) is 5.92 Å². The first-order valence-electron chi connectivity index (χ1n) is 5.19. The Morgan fingerprint density at radius 1 is 1.40 bits per heavy atom. The van der Waals surface area contributed by atoms with Gasteiger partial charge in [0.1, 0.15) is 0 Å². The van der Waals surface area contributed by atoms with Crippen LogP contribution in [0.1, 0.15) is 6.42 Å². The highest BCUT2D eigenvalue weighted by Gasteiger charge is 2.26. The van der Waals surface area contributed by atoms with Crippen molar-refractivity contribution in [2.45, 2.75) is 6.42 Å². The van der Waals surface area contributed by atoms with Crippen LogP contribution in [0.3, 0.4) is 0 Å². The minimum Gasteiger partial charge on any atom is -0.315 e. The zero-order chi connectivity index (χ0) is 10.7. The quantitative estimate of drug-likeness (QED) is 0.764. The maximum absolute atomic E-state index is 12.1. The molecule has 0 bridgehead atoms. The third kappa shape index (κ3) is 2.34. The van der Waals surface area contributed by atoms with Gasteiger partial charge in [0.2, 0.25) is 5.91 Å². The van der Waals surface area contributed by atoms with Crippen LogP contribution in [0.5, 0.6) is 0 Å². The number of amides is 1. The summed E-state index contributed by atoms with van der Waals surface area (Å²) >= 11 is 1.88. The zero-order valence-corrected chi connectivity index (χ0v) is 9.67. The third-order valence-electron chi connectivity index (χ3n) is 2.75. The lowest BCUT2D eigenvalue weighted by Crippen LogP contribution is -2.32. The van der Waals surface area contributed by atoms with E-state index < -0.39 is 0 Å². The van der Waals surface area contributed by atoms with E-state index in [0.29, 0.717) is 0 Å². The van der Waals surface area contributed by atoms with Gasteiger partial charge in [-0.05, 0) is 24.3 Å². The first-order valence-corrected chi connectivity index (χ1v) is 6.35. The van der Waals surface area contributed by atoms with Gasteiger partial charge in [0.15, 0.2) is 0 Å². The highest BCUT2D eigenvalue weighted by atomic mass is 32.2. The molecule has 15 heavy (non-hydrogen) atoms. The summed E-state index contributed by atoms with van der Waals surface area (Å²) in [5.74, 6) is 2.58. The standard InChI is InChI=1S/C12H15NOS/c1-13(11-5-3-2-4-6-11)12(14)10-7-8-15-9-10/h2-6,10H,7-9H2,1H3. The first-order chi connectivity index (χ1) is 7.29. The molecule has 1 aliphatic heterocycles. The van der Waals surface area contributed by atoms with Gasteiger partial charge in [0, 0.05) is 24.4 Å². The molecule has 0 saturated carbocycles. The fraction of sp³-hybridized carbons (Fsp3) is 0.417. The van der Waals surface area contributed by atoms with Gasteiger partial charge in [-0.3, -0.25) is 4.79 Å². The maximum Gasteiger partial charge on any atom is 0.230 e. The van der Waals surface area contributed by atoms with Gasteiger partial charge in [-0.2, -0.15) is 11.8 Å². The second-order valence-corrected chi connectivity index (χ2v) is 4.94. The molecule has 80 valence electrons. The largest absolute Gasteiger partial charge is 0.315 e. The molecule has 1 heterocycles. The molecule has 1 unspecified atom stereocenters. The van der Waals surface area contributed by atoms with E-state index in [9.17, 15) is 4.79 Å². The number of thioether (sulfide) groups is 1. The highest BCUT2D eigenvalue weighted by molar-refractivity contribution is 7.99. The van der Waals surface area contributed by atoms with Crippen LogP contribution in [0.4, 0.5) is 5.69 Å². The second kappa shape index (κ2) is 4.71. The molecule has 0 aromatic heterocycles. The van der Waals surface area contributed by atoms with Crippen LogP contribution >= 0.6 is 11.8 Å². The molecule has 1 amide bonds. The van der Waals surface area contributed by atoms with Crippen molar-refractivity contribution in [1.82, 2.24) is 0 Å². The molecule has 2 rings (SSSR count). The van der Waals surface area contributed by atoms with Gasteiger partial charge in [0.05, 0.1) is 0 Å². The van der Waals surface area contributed by atoms with Gasteiger partial charge >= 0.3 is 0 Å². The van der Waals surface area contributed by atoms with Gasteiger partial charge in [-0.15, -0.1) is 0 Å². The van der Waals surface area contributed by atoms with E-state index in [4.69, 9.17) is 0 Å². The number of anilines is 1. The topological polar surface area (TPSA) is 20.3 Å². The van der Waals surface area contributed by atoms with Crippen molar-refractivity contribution in [1.29, 1.82) is 0 Å². The van der Waals surface area contributed by atoms with Gasteiger partial charge in [0.25, 0.3) is 0 Å². The van der Waals surface area contributed by atoms with Gasteiger partial charge < -0.3 is 4.90 Å². The number of carbonyl (C=O) groups is 1. The summed E-state index contributed by atoms with van der Waals surface area (Å²) in [4.78, 5) is 13.8. The van der Waals surface area contributed by atoms with Crippen LogP contribution in [0, 0.1) is 5.92 Å². The summed E-state index contributed by atoms with van der Waals surface area (Å²) in [6.07, 6.45) is 1.03. The number of nitrogens with zero attached hydrogens (tertiary/aromatic N) is 1. The fourth-order valence-electron chi connectivity index (χ4n) is 1.78. The second-order valence-electron chi connectivity index (χ2n) is 3.79. The fourth-order valence-corrected chi connectivity index (χ4v) is 2.99. The van der Waals surface area contributed by atoms with E-state index in [1.165, 1.54) is 0 Å². The van der Waals surface area contributed by atoms with Crippen molar-refractivity contribution in [3.8, 4) is 0 Å². The highest BCUT2D eigenvalue weighted by Crippen LogP contribution is 2.26. The Labute approximate surface area is 94.7 Å². The Bertz CT molecular complexity index is 333. The predicted molar refractivity (Wildman–Crippen MR) is 65.3 cm³/mol. The summed E-state index contributed by atoms with van der Waals surface area (Å²) in [5.41, 5.74) is 0.986. The van der Waals surface area contributed by atoms with Crippen LogP contribution < -0.4 is 4.90 Å². The van der Waals surface area contributed by atoms with Crippen molar-refractivity contribution in [3.63, 3.8) is 0 Å². The van der Waals surface area contributed by atoms with Crippen molar-refractivity contribution >= 4 is 23.4 Å². The van der Waals surface area contributed by atoms with Crippen LogP contribution in [0.25, 0.3) is 0 Å². The smallest absolute Gasteiger partial charge is 0.230 e. The average molecular weight is 221 g/mol. The number of benzene rings is 1. The summed E-state index contributed by atoms with van der Waals surface area (Å²) < 4.78 is 0. The van der Waals surface area contributed by atoms with Crippen molar-refractivity contribution < 1.29 is 4.79 Å². The van der Waals surface area contributed by atoms with Crippen LogP contribution in [-0.2, 0) is 4.79 Å². The zero-order valence-electron chi connectivity index (χ0n) is 8.85. The number of hydrogen-bond donors (Lipinski definition) is 0. The third-order valence-corrected chi connectivity index (χ3v) is 3.92. The molecule has 0 aliphatic carbocycles. The predicted octanol–water partition coefficient (Wildman–Crippen LogP) is 2.40. The van der Waals surface area contributed by atoms with Crippen LogP contribution in [-0.4, -0.2) is 24.5 Å². The lowest BCUT2D eigenvalue weighted by molar-refractivity contribution is -0.121. The Morgan fingerprint density at radius 2 is 2.13 bits per heavy atom. The Balaban J connectivity index is 2.07. The lowest BCUT2D eigenvalue weighted by atomic mass is 10.1. The molecule has 0 spiro atoms. The monoisotopic (exact) mass is 221 g/mol. The maximum atomic E-state index is 12.1. The first kappa shape index (κ1) is 10.6. The van der Waals surface area contributed by atoms with E-state index in [1.807, 2.05) is 49.1 Å². The summed E-state index contributed by atoms with van der Waals surface area (Å²) in [6, 6.07) is 9.83. The molecule has 1 atom stereocenters. The van der Waals surface area contributed by atoms with Crippen LogP contribution in [0.2, 0.25) is 0 Å². The average Bonchev–Trinajstić information content (AvgIpc) is 2.82. The molecule has 3 heteroatoms. The summed E-state index contributed by atoms with van der Waals surface area (Å²) in [7, 11) is 1.86. The van der Waals surface area contributed by atoms with Crippen molar-refractivity contribution in [2.75, 3.05) is 23.5 Å². The Hall–Kier alpha value is -0.960. The molecule has 1 aromatic rings. The number of rotatable bonds is 2. The van der Waals surface area contributed by atoms with E-state index in [-0.39, 0.29) is 11.8 Å². The molecule has 1 aromatic carbocycles.